The van der Waals surface area contributed by atoms with Crippen molar-refractivity contribution in [2.75, 3.05) is 38.6 Å². The summed E-state index contributed by atoms with van der Waals surface area (Å²) in [7, 11) is 1.90. The van der Waals surface area contributed by atoms with E-state index in [1.807, 2.05) is 14.0 Å². The zero-order valence-corrected chi connectivity index (χ0v) is 20.8. The minimum atomic E-state index is -1.20. The summed E-state index contributed by atoms with van der Waals surface area (Å²) in [5.74, 6) is 0.959. The lowest BCUT2D eigenvalue weighted by atomic mass is 9.85. The molecule has 4 N–H and O–H groups in total. The van der Waals surface area contributed by atoms with Gasteiger partial charge in [0.1, 0.15) is 12.0 Å². The zero-order chi connectivity index (χ0) is 23.9. The van der Waals surface area contributed by atoms with E-state index in [4.69, 9.17) is 15.8 Å². The quantitative estimate of drug-likeness (QED) is 0.310. The molecule has 0 aliphatic heterocycles. The first-order valence-corrected chi connectivity index (χ1v) is 11.6. The standard InChI is InChI=1S/C22H41FN4O.C3H6/c1-6-17-10-11-19(26-21(17)25-5)9-7-8-13-27(15-18(23)16-28)14-12-20(24)22(2,3)4;1-3-2/h10-11,18,20,28H,6-9,12-16,24H2,1-5H3,(H,25,26);3H,1H2,2H3. The number of pyridine rings is 1. The molecule has 0 aromatic carbocycles. The normalized spacial score (nSPS) is 13.4. The molecule has 31 heavy (non-hydrogen) atoms. The maximum atomic E-state index is 13.7. The Morgan fingerprint density at radius 1 is 1.29 bits per heavy atom. The van der Waals surface area contributed by atoms with Crippen LogP contribution in [-0.2, 0) is 12.8 Å². The molecule has 1 aromatic rings. The van der Waals surface area contributed by atoms with Gasteiger partial charge in [0.25, 0.3) is 0 Å². The first-order chi connectivity index (χ1) is 14.6. The van der Waals surface area contributed by atoms with Crippen LogP contribution in [0, 0.1) is 5.41 Å². The summed E-state index contributed by atoms with van der Waals surface area (Å²) in [4.78, 5) is 6.79. The minimum Gasteiger partial charge on any atom is -0.393 e. The van der Waals surface area contributed by atoms with Gasteiger partial charge in [-0.05, 0) is 69.2 Å². The van der Waals surface area contributed by atoms with Gasteiger partial charge in [-0.2, -0.15) is 0 Å². The van der Waals surface area contributed by atoms with Crippen LogP contribution in [0.25, 0.3) is 0 Å². The topological polar surface area (TPSA) is 74.4 Å². The Morgan fingerprint density at radius 3 is 2.45 bits per heavy atom. The molecule has 0 fully saturated rings. The van der Waals surface area contributed by atoms with Gasteiger partial charge in [-0.15, -0.1) is 6.58 Å². The van der Waals surface area contributed by atoms with Gasteiger partial charge in [0, 0.05) is 25.3 Å². The van der Waals surface area contributed by atoms with Gasteiger partial charge in [0.15, 0.2) is 0 Å². The van der Waals surface area contributed by atoms with E-state index in [1.54, 1.807) is 6.08 Å². The Labute approximate surface area is 190 Å². The van der Waals surface area contributed by atoms with E-state index in [1.165, 1.54) is 5.56 Å². The summed E-state index contributed by atoms with van der Waals surface area (Å²) in [6.45, 7) is 15.2. The Hall–Kier alpha value is -1.50. The summed E-state index contributed by atoms with van der Waals surface area (Å²) in [6.07, 6.45) is 5.21. The molecule has 5 nitrogen and oxygen atoms in total. The van der Waals surface area contributed by atoms with Gasteiger partial charge in [-0.1, -0.05) is 39.8 Å². The van der Waals surface area contributed by atoms with Crippen molar-refractivity contribution in [3.8, 4) is 0 Å². The third kappa shape index (κ3) is 12.8. The van der Waals surface area contributed by atoms with E-state index < -0.39 is 12.8 Å². The fourth-order valence-electron chi connectivity index (χ4n) is 3.20. The number of anilines is 1. The fourth-order valence-corrected chi connectivity index (χ4v) is 3.20. The SMILES string of the molecule is C=CC.CCc1ccc(CCCCN(CCC(N)C(C)(C)C)CC(F)CO)nc1NC. The number of aryl methyl sites for hydroxylation is 2. The maximum Gasteiger partial charge on any atom is 0.136 e. The maximum absolute atomic E-state index is 13.7. The third-order valence-electron chi connectivity index (χ3n) is 5.33. The Morgan fingerprint density at radius 2 is 1.94 bits per heavy atom. The average Bonchev–Trinajstić information content (AvgIpc) is 2.73. The summed E-state index contributed by atoms with van der Waals surface area (Å²) >= 11 is 0. The number of halogens is 1. The van der Waals surface area contributed by atoms with Crippen molar-refractivity contribution in [3.63, 3.8) is 0 Å². The molecule has 1 heterocycles. The van der Waals surface area contributed by atoms with E-state index in [-0.39, 0.29) is 18.0 Å². The lowest BCUT2D eigenvalue weighted by Crippen LogP contribution is -2.41. The van der Waals surface area contributed by atoms with Crippen molar-refractivity contribution in [2.24, 2.45) is 11.1 Å². The van der Waals surface area contributed by atoms with Crippen molar-refractivity contribution in [2.45, 2.75) is 78.9 Å². The molecule has 0 saturated carbocycles. The number of hydrogen-bond acceptors (Lipinski definition) is 5. The van der Waals surface area contributed by atoms with E-state index in [9.17, 15) is 4.39 Å². The molecule has 180 valence electrons. The second-order valence-corrected chi connectivity index (χ2v) is 9.12. The number of nitrogens with zero attached hydrogens (tertiary/aromatic N) is 2. The molecule has 0 aliphatic rings. The third-order valence-corrected chi connectivity index (χ3v) is 5.33. The molecule has 0 aliphatic carbocycles. The smallest absolute Gasteiger partial charge is 0.136 e. The zero-order valence-electron chi connectivity index (χ0n) is 20.8. The molecule has 1 rings (SSSR count). The van der Waals surface area contributed by atoms with Crippen molar-refractivity contribution in [1.29, 1.82) is 0 Å². The predicted octanol–water partition coefficient (Wildman–Crippen LogP) is 4.60. The number of nitrogens with two attached hydrogens (primary N) is 1. The molecular formula is C25H47FN4O. The van der Waals surface area contributed by atoms with E-state index >= 15 is 0 Å². The predicted molar refractivity (Wildman–Crippen MR) is 132 cm³/mol. The van der Waals surface area contributed by atoms with E-state index in [0.717, 1.165) is 56.7 Å². The van der Waals surface area contributed by atoms with Gasteiger partial charge < -0.3 is 21.1 Å². The lowest BCUT2D eigenvalue weighted by Gasteiger charge is -2.30. The molecule has 2 unspecified atom stereocenters. The van der Waals surface area contributed by atoms with Gasteiger partial charge in [-0.3, -0.25) is 0 Å². The second kappa shape index (κ2) is 16.2. The van der Waals surface area contributed by atoms with Gasteiger partial charge >= 0.3 is 0 Å². The van der Waals surface area contributed by atoms with Crippen LogP contribution >= 0.6 is 0 Å². The van der Waals surface area contributed by atoms with Crippen LogP contribution in [0.1, 0.15) is 65.1 Å². The first-order valence-electron chi connectivity index (χ1n) is 11.6. The van der Waals surface area contributed by atoms with Crippen LogP contribution in [0.2, 0.25) is 0 Å². The van der Waals surface area contributed by atoms with Crippen molar-refractivity contribution in [3.05, 3.63) is 36.0 Å². The van der Waals surface area contributed by atoms with Crippen LogP contribution in [0.15, 0.2) is 24.8 Å². The first kappa shape index (κ1) is 29.5. The Balaban J connectivity index is 0.00000282. The van der Waals surface area contributed by atoms with Crippen LogP contribution in [0.4, 0.5) is 10.2 Å². The lowest BCUT2D eigenvalue weighted by molar-refractivity contribution is 0.120. The van der Waals surface area contributed by atoms with Crippen LogP contribution in [0.3, 0.4) is 0 Å². The molecule has 0 bridgehead atoms. The molecule has 0 spiro atoms. The van der Waals surface area contributed by atoms with Crippen LogP contribution in [-0.4, -0.2) is 60.5 Å². The fraction of sp³-hybridized carbons (Fsp3) is 0.720. The Kier molecular flexibility index (Phi) is 15.4. The van der Waals surface area contributed by atoms with Crippen molar-refractivity contribution < 1.29 is 9.50 Å². The monoisotopic (exact) mass is 438 g/mol. The summed E-state index contributed by atoms with van der Waals surface area (Å²) in [5, 5.41) is 12.2. The number of unbranched alkanes of at least 4 members (excludes halogenated alkanes) is 1. The summed E-state index contributed by atoms with van der Waals surface area (Å²) in [5.41, 5.74) is 8.61. The number of aliphatic hydroxyl groups is 1. The van der Waals surface area contributed by atoms with Gasteiger partial charge in [-0.25, -0.2) is 9.37 Å². The average molecular weight is 439 g/mol. The highest BCUT2D eigenvalue weighted by molar-refractivity contribution is 5.44. The second-order valence-electron chi connectivity index (χ2n) is 9.12. The highest BCUT2D eigenvalue weighted by atomic mass is 19.1. The van der Waals surface area contributed by atoms with E-state index in [2.05, 4.69) is 56.6 Å². The number of alkyl halides is 1. The molecule has 2 atom stereocenters. The number of aromatic nitrogens is 1. The van der Waals surface area contributed by atoms with E-state index in [0.29, 0.717) is 0 Å². The Bertz CT molecular complexity index is 604. The molecular weight excluding hydrogens is 391 g/mol. The molecule has 0 saturated heterocycles. The molecule has 6 heteroatoms. The number of hydrogen-bond donors (Lipinski definition) is 3. The van der Waals surface area contributed by atoms with Crippen LogP contribution < -0.4 is 11.1 Å². The van der Waals surface area contributed by atoms with Gasteiger partial charge in [0.2, 0.25) is 0 Å². The number of aliphatic hydroxyl groups excluding tert-OH is 1. The van der Waals surface area contributed by atoms with Crippen LogP contribution in [0.5, 0.6) is 0 Å². The minimum absolute atomic E-state index is 0.0408. The number of nitrogens with one attached hydrogen (secondary N) is 1. The summed E-state index contributed by atoms with van der Waals surface area (Å²) < 4.78 is 13.7. The molecule has 0 radical (unpaired) electrons. The van der Waals surface area contributed by atoms with Crippen molar-refractivity contribution in [1.82, 2.24) is 9.88 Å². The molecule has 0 amide bonds. The highest BCUT2D eigenvalue weighted by Crippen LogP contribution is 2.20. The largest absolute Gasteiger partial charge is 0.393 e. The summed E-state index contributed by atoms with van der Waals surface area (Å²) in [6, 6.07) is 4.32. The molecule has 1 aromatic heterocycles. The van der Waals surface area contributed by atoms with Crippen molar-refractivity contribution >= 4 is 5.82 Å². The number of rotatable bonds is 13. The highest BCUT2D eigenvalue weighted by Gasteiger charge is 2.22. The van der Waals surface area contributed by atoms with Gasteiger partial charge in [0.05, 0.1) is 6.61 Å². The number of allylic oxidation sites excluding steroid dienone is 1.